The zero-order valence-corrected chi connectivity index (χ0v) is 13.9. The molecule has 1 amide bonds. The van der Waals surface area contributed by atoms with Gasteiger partial charge < -0.3 is 15.4 Å². The van der Waals surface area contributed by atoms with E-state index in [0.29, 0.717) is 11.3 Å². The maximum absolute atomic E-state index is 13.0. The van der Waals surface area contributed by atoms with Gasteiger partial charge in [0.1, 0.15) is 5.82 Å². The van der Waals surface area contributed by atoms with Crippen LogP contribution in [0.25, 0.3) is 0 Å². The fraction of sp³-hybridized carbons (Fsp3) is 0.176. The molecule has 1 unspecified atom stereocenters. The second kappa shape index (κ2) is 7.79. The van der Waals surface area contributed by atoms with Crippen LogP contribution in [-0.4, -0.2) is 25.0 Å². The third kappa shape index (κ3) is 4.23. The molecule has 0 fully saturated rings. The first-order valence-electron chi connectivity index (χ1n) is 7.16. The van der Waals surface area contributed by atoms with Crippen LogP contribution in [-0.2, 0) is 9.53 Å². The number of halogens is 2. The van der Waals surface area contributed by atoms with Gasteiger partial charge in [-0.15, -0.1) is 0 Å². The summed E-state index contributed by atoms with van der Waals surface area (Å²) in [7, 11) is 1.68. The molecule has 0 saturated carbocycles. The summed E-state index contributed by atoms with van der Waals surface area (Å²) in [5.74, 6) is -1.72. The lowest BCUT2D eigenvalue weighted by molar-refractivity contribution is -0.123. The molecule has 0 heterocycles. The quantitative estimate of drug-likeness (QED) is 0.807. The van der Waals surface area contributed by atoms with Crippen molar-refractivity contribution in [2.24, 2.45) is 0 Å². The standard InChI is InChI=1S/C17H16ClFN2O3/c1-10(16(22)21-15-8-7-11(19)9-13(15)18)24-17(23)12-5-3-4-6-14(12)20-2/h3-10,20H,1-2H3,(H,21,22). The van der Waals surface area contributed by atoms with E-state index in [1.165, 1.54) is 19.1 Å². The van der Waals surface area contributed by atoms with Crippen molar-refractivity contribution in [2.45, 2.75) is 13.0 Å². The van der Waals surface area contributed by atoms with Gasteiger partial charge >= 0.3 is 5.97 Å². The number of benzene rings is 2. The van der Waals surface area contributed by atoms with E-state index in [9.17, 15) is 14.0 Å². The molecule has 0 aliphatic heterocycles. The molecule has 24 heavy (non-hydrogen) atoms. The number of carbonyl (C=O) groups is 2. The van der Waals surface area contributed by atoms with Gasteiger partial charge in [0.05, 0.1) is 16.3 Å². The average molecular weight is 351 g/mol. The van der Waals surface area contributed by atoms with E-state index < -0.39 is 23.8 Å². The second-order valence-electron chi connectivity index (χ2n) is 4.96. The molecule has 0 bridgehead atoms. The Morgan fingerprint density at radius 1 is 1.17 bits per heavy atom. The third-order valence-corrected chi connectivity index (χ3v) is 3.57. The molecule has 2 N–H and O–H groups in total. The molecule has 7 heteroatoms. The highest BCUT2D eigenvalue weighted by molar-refractivity contribution is 6.33. The molecular weight excluding hydrogens is 335 g/mol. The molecule has 0 saturated heterocycles. The monoisotopic (exact) mass is 350 g/mol. The van der Waals surface area contributed by atoms with E-state index in [4.69, 9.17) is 16.3 Å². The Morgan fingerprint density at radius 3 is 2.54 bits per heavy atom. The summed E-state index contributed by atoms with van der Waals surface area (Å²) >= 11 is 5.85. The van der Waals surface area contributed by atoms with Crippen LogP contribution >= 0.6 is 11.6 Å². The van der Waals surface area contributed by atoms with Crippen LogP contribution < -0.4 is 10.6 Å². The fourth-order valence-electron chi connectivity index (χ4n) is 1.98. The third-order valence-electron chi connectivity index (χ3n) is 3.26. The summed E-state index contributed by atoms with van der Waals surface area (Å²) in [5, 5.41) is 5.43. The van der Waals surface area contributed by atoms with E-state index in [1.54, 1.807) is 31.3 Å². The highest BCUT2D eigenvalue weighted by Crippen LogP contribution is 2.23. The first kappa shape index (κ1) is 17.7. The Morgan fingerprint density at radius 2 is 1.88 bits per heavy atom. The SMILES string of the molecule is CNc1ccccc1C(=O)OC(C)C(=O)Nc1ccc(F)cc1Cl. The predicted octanol–water partition coefficient (Wildman–Crippen LogP) is 3.70. The molecule has 126 valence electrons. The minimum Gasteiger partial charge on any atom is -0.449 e. The number of amides is 1. The van der Waals surface area contributed by atoms with Crippen LogP contribution in [0.15, 0.2) is 42.5 Å². The summed E-state index contributed by atoms with van der Waals surface area (Å²) in [5.41, 5.74) is 1.15. The summed E-state index contributed by atoms with van der Waals surface area (Å²) in [6.07, 6.45) is -1.05. The van der Waals surface area contributed by atoms with Crippen molar-refractivity contribution in [2.75, 3.05) is 17.7 Å². The van der Waals surface area contributed by atoms with E-state index in [0.717, 1.165) is 6.07 Å². The lowest BCUT2D eigenvalue weighted by Crippen LogP contribution is -2.30. The number of hydrogen-bond acceptors (Lipinski definition) is 4. The molecule has 0 radical (unpaired) electrons. The van der Waals surface area contributed by atoms with E-state index in [2.05, 4.69) is 10.6 Å². The van der Waals surface area contributed by atoms with Crippen LogP contribution in [0.5, 0.6) is 0 Å². The molecule has 2 aromatic rings. The molecule has 0 aliphatic carbocycles. The van der Waals surface area contributed by atoms with Gasteiger partial charge in [-0.25, -0.2) is 9.18 Å². The zero-order valence-electron chi connectivity index (χ0n) is 13.1. The molecule has 0 aromatic heterocycles. The van der Waals surface area contributed by atoms with Crippen molar-refractivity contribution in [1.82, 2.24) is 0 Å². The lowest BCUT2D eigenvalue weighted by atomic mass is 10.2. The van der Waals surface area contributed by atoms with Crippen molar-refractivity contribution in [1.29, 1.82) is 0 Å². The zero-order chi connectivity index (χ0) is 17.7. The van der Waals surface area contributed by atoms with Crippen LogP contribution in [0.2, 0.25) is 5.02 Å². The maximum atomic E-state index is 13.0. The molecule has 0 aliphatic rings. The molecule has 2 aromatic carbocycles. The fourth-order valence-corrected chi connectivity index (χ4v) is 2.20. The normalized spacial score (nSPS) is 11.5. The predicted molar refractivity (Wildman–Crippen MR) is 90.9 cm³/mol. The Labute approximate surface area is 143 Å². The summed E-state index contributed by atoms with van der Waals surface area (Å²) < 4.78 is 18.2. The van der Waals surface area contributed by atoms with Gasteiger partial charge in [0.25, 0.3) is 5.91 Å². The first-order chi connectivity index (χ1) is 11.4. The average Bonchev–Trinajstić information content (AvgIpc) is 2.57. The van der Waals surface area contributed by atoms with Crippen LogP contribution in [0, 0.1) is 5.82 Å². The Bertz CT molecular complexity index is 767. The highest BCUT2D eigenvalue weighted by atomic mass is 35.5. The minimum atomic E-state index is -1.05. The number of ether oxygens (including phenoxy) is 1. The van der Waals surface area contributed by atoms with E-state index in [1.807, 2.05) is 0 Å². The second-order valence-corrected chi connectivity index (χ2v) is 5.36. The van der Waals surface area contributed by atoms with Gasteiger partial charge in [0.2, 0.25) is 0 Å². The number of rotatable bonds is 5. The van der Waals surface area contributed by atoms with Gasteiger partial charge in [-0.1, -0.05) is 23.7 Å². The van der Waals surface area contributed by atoms with Crippen LogP contribution in [0.3, 0.4) is 0 Å². The highest BCUT2D eigenvalue weighted by Gasteiger charge is 2.21. The lowest BCUT2D eigenvalue weighted by Gasteiger charge is -2.15. The largest absolute Gasteiger partial charge is 0.449 e. The van der Waals surface area contributed by atoms with E-state index in [-0.39, 0.29) is 10.7 Å². The summed E-state index contributed by atoms with van der Waals surface area (Å²) in [6, 6.07) is 10.4. The van der Waals surface area contributed by atoms with Crippen LogP contribution in [0.1, 0.15) is 17.3 Å². The number of nitrogens with one attached hydrogen (secondary N) is 2. The van der Waals surface area contributed by atoms with Crippen LogP contribution in [0.4, 0.5) is 15.8 Å². The Balaban J connectivity index is 2.04. The maximum Gasteiger partial charge on any atom is 0.341 e. The van der Waals surface area contributed by atoms with Gasteiger partial charge in [-0.2, -0.15) is 0 Å². The van der Waals surface area contributed by atoms with Gasteiger partial charge in [0.15, 0.2) is 6.10 Å². The van der Waals surface area contributed by atoms with Crippen molar-refractivity contribution in [3.8, 4) is 0 Å². The Hall–Kier alpha value is -2.60. The Kier molecular flexibility index (Phi) is 5.76. The smallest absolute Gasteiger partial charge is 0.341 e. The van der Waals surface area contributed by atoms with Gasteiger partial charge in [-0.05, 0) is 37.3 Å². The molecular formula is C17H16ClFN2O3. The van der Waals surface area contributed by atoms with Crippen molar-refractivity contribution >= 4 is 34.9 Å². The number of anilines is 2. The van der Waals surface area contributed by atoms with E-state index >= 15 is 0 Å². The molecule has 2 rings (SSSR count). The van der Waals surface area contributed by atoms with Gasteiger partial charge in [0, 0.05) is 12.7 Å². The number of carbonyl (C=O) groups excluding carboxylic acids is 2. The topological polar surface area (TPSA) is 67.4 Å². The van der Waals surface area contributed by atoms with Crippen molar-refractivity contribution in [3.63, 3.8) is 0 Å². The number of hydrogen-bond donors (Lipinski definition) is 2. The number of esters is 1. The molecule has 1 atom stereocenters. The first-order valence-corrected chi connectivity index (χ1v) is 7.54. The van der Waals surface area contributed by atoms with Crippen molar-refractivity contribution < 1.29 is 18.7 Å². The number of para-hydroxylation sites is 1. The minimum absolute atomic E-state index is 0.0578. The van der Waals surface area contributed by atoms with Crippen molar-refractivity contribution in [3.05, 3.63) is 58.9 Å². The van der Waals surface area contributed by atoms with Gasteiger partial charge in [-0.3, -0.25) is 4.79 Å². The summed E-state index contributed by atoms with van der Waals surface area (Å²) in [4.78, 5) is 24.3. The summed E-state index contributed by atoms with van der Waals surface area (Å²) in [6.45, 7) is 1.44. The molecule has 0 spiro atoms. The molecule has 5 nitrogen and oxygen atoms in total.